The quantitative estimate of drug-likeness (QED) is 0.526. The van der Waals surface area contributed by atoms with Crippen molar-refractivity contribution in [2.75, 3.05) is 13.2 Å². The largest absolute Gasteiger partial charge is 0.475 e. The Labute approximate surface area is 108 Å². The van der Waals surface area contributed by atoms with E-state index in [0.717, 1.165) is 5.56 Å². The molecule has 4 nitrogen and oxygen atoms in total. The van der Waals surface area contributed by atoms with E-state index in [1.165, 1.54) is 0 Å². The van der Waals surface area contributed by atoms with Gasteiger partial charge < -0.3 is 0 Å². The molecule has 1 rings (SSSR count). The minimum absolute atomic E-state index is 0.260. The molecule has 1 aromatic carbocycles. The first-order valence-electron chi connectivity index (χ1n) is 5.90. The summed E-state index contributed by atoms with van der Waals surface area (Å²) in [6, 6.07) is 9.39. The van der Waals surface area contributed by atoms with Crippen LogP contribution in [0, 0.1) is 0 Å². The molecule has 1 aromatic rings. The average Bonchev–Trinajstić information content (AvgIpc) is 2.38. The highest BCUT2D eigenvalue weighted by molar-refractivity contribution is 7.48. The van der Waals surface area contributed by atoms with Gasteiger partial charge in [-0.2, -0.15) is 0 Å². The zero-order valence-corrected chi connectivity index (χ0v) is 11.6. The lowest BCUT2D eigenvalue weighted by Gasteiger charge is -2.21. The highest BCUT2D eigenvalue weighted by Crippen LogP contribution is 2.53. The first-order valence-corrected chi connectivity index (χ1v) is 7.36. The third-order valence-corrected chi connectivity index (χ3v) is 3.79. The van der Waals surface area contributed by atoms with Crippen LogP contribution in [0.2, 0.25) is 0 Å². The van der Waals surface area contributed by atoms with Gasteiger partial charge in [0.1, 0.15) is 6.10 Å². The van der Waals surface area contributed by atoms with Crippen LogP contribution >= 0.6 is 7.82 Å². The van der Waals surface area contributed by atoms with Crippen LogP contribution in [0.1, 0.15) is 25.5 Å². The molecule has 5 heteroatoms. The predicted octanol–water partition coefficient (Wildman–Crippen LogP) is 4.11. The van der Waals surface area contributed by atoms with Gasteiger partial charge in [0.15, 0.2) is 0 Å². The Hall–Kier alpha value is -0.930. The molecule has 0 radical (unpaired) electrons. The van der Waals surface area contributed by atoms with Crippen molar-refractivity contribution in [3.05, 3.63) is 48.6 Å². The molecular weight excluding hydrogens is 251 g/mol. The highest BCUT2D eigenvalue weighted by Gasteiger charge is 2.29. The molecule has 0 aliphatic rings. The van der Waals surface area contributed by atoms with Gasteiger partial charge in [0, 0.05) is 0 Å². The van der Waals surface area contributed by atoms with Crippen molar-refractivity contribution < 1.29 is 18.1 Å². The van der Waals surface area contributed by atoms with Gasteiger partial charge in [0.25, 0.3) is 0 Å². The Morgan fingerprint density at radius 2 is 1.78 bits per heavy atom. The number of benzene rings is 1. The molecule has 0 bridgehead atoms. The minimum atomic E-state index is -3.53. The van der Waals surface area contributed by atoms with E-state index >= 15 is 0 Å². The Morgan fingerprint density at radius 1 is 1.22 bits per heavy atom. The van der Waals surface area contributed by atoms with Crippen LogP contribution in [0.5, 0.6) is 0 Å². The van der Waals surface area contributed by atoms with Crippen molar-refractivity contribution in [3.63, 3.8) is 0 Å². The number of hydrogen-bond donors (Lipinski definition) is 0. The van der Waals surface area contributed by atoms with Crippen LogP contribution in [0.25, 0.3) is 0 Å². The van der Waals surface area contributed by atoms with Crippen molar-refractivity contribution >= 4 is 7.82 Å². The van der Waals surface area contributed by atoms with Crippen LogP contribution in [0.4, 0.5) is 0 Å². The number of phosphoric ester groups is 1. The maximum absolute atomic E-state index is 12.2. The van der Waals surface area contributed by atoms with Gasteiger partial charge in [-0.05, 0) is 19.4 Å². The zero-order chi connectivity index (χ0) is 13.4. The molecular formula is C13H19O4P. The topological polar surface area (TPSA) is 44.8 Å². The number of phosphoric acid groups is 1. The summed E-state index contributed by atoms with van der Waals surface area (Å²) in [5.41, 5.74) is 0.854. The lowest BCUT2D eigenvalue weighted by Crippen LogP contribution is -2.05. The maximum atomic E-state index is 12.2. The van der Waals surface area contributed by atoms with Gasteiger partial charge in [-0.25, -0.2) is 4.57 Å². The summed E-state index contributed by atoms with van der Waals surface area (Å²) >= 11 is 0. The smallest absolute Gasteiger partial charge is 0.287 e. The van der Waals surface area contributed by atoms with E-state index in [-0.39, 0.29) is 13.2 Å². The fraction of sp³-hybridized carbons (Fsp3) is 0.385. The second kappa shape index (κ2) is 7.49. The van der Waals surface area contributed by atoms with Gasteiger partial charge in [-0.15, -0.1) is 6.58 Å². The second-order valence-electron chi connectivity index (χ2n) is 3.46. The Bertz CT molecular complexity index is 395. The van der Waals surface area contributed by atoms with Gasteiger partial charge >= 0.3 is 7.82 Å². The molecule has 18 heavy (non-hydrogen) atoms. The lowest BCUT2D eigenvalue weighted by molar-refractivity contribution is 0.101. The first-order chi connectivity index (χ1) is 8.65. The third kappa shape index (κ3) is 4.39. The Balaban J connectivity index is 2.84. The van der Waals surface area contributed by atoms with Gasteiger partial charge in [0.05, 0.1) is 13.2 Å². The molecule has 0 aliphatic carbocycles. The third-order valence-electron chi connectivity index (χ3n) is 2.16. The Morgan fingerprint density at radius 3 is 2.22 bits per heavy atom. The average molecular weight is 270 g/mol. The summed E-state index contributed by atoms with van der Waals surface area (Å²) in [4.78, 5) is 0. The van der Waals surface area contributed by atoms with Crippen LogP contribution in [-0.4, -0.2) is 13.2 Å². The summed E-state index contributed by atoms with van der Waals surface area (Å²) in [5.74, 6) is 0. The van der Waals surface area contributed by atoms with Crippen molar-refractivity contribution in [1.29, 1.82) is 0 Å². The molecule has 1 unspecified atom stereocenters. The molecule has 0 aromatic heterocycles. The SMILES string of the molecule is C=CC(OP(=O)(OCC)OCC)c1ccccc1. The Kier molecular flexibility index (Phi) is 6.30. The monoisotopic (exact) mass is 270 g/mol. The maximum Gasteiger partial charge on any atom is 0.475 e. The van der Waals surface area contributed by atoms with Crippen molar-refractivity contribution in [2.45, 2.75) is 20.0 Å². The van der Waals surface area contributed by atoms with E-state index < -0.39 is 13.9 Å². The second-order valence-corrected chi connectivity index (χ2v) is 5.08. The minimum Gasteiger partial charge on any atom is -0.287 e. The lowest BCUT2D eigenvalue weighted by atomic mass is 10.1. The van der Waals surface area contributed by atoms with Crippen molar-refractivity contribution in [2.24, 2.45) is 0 Å². The number of hydrogen-bond acceptors (Lipinski definition) is 4. The summed E-state index contributed by atoms with van der Waals surface area (Å²) in [6.45, 7) is 7.68. The molecule has 0 amide bonds. The fourth-order valence-corrected chi connectivity index (χ4v) is 2.75. The molecule has 0 saturated carbocycles. The molecule has 100 valence electrons. The summed E-state index contributed by atoms with van der Waals surface area (Å²) < 4.78 is 27.9. The predicted molar refractivity (Wildman–Crippen MR) is 71.3 cm³/mol. The van der Waals surface area contributed by atoms with E-state index in [0.29, 0.717) is 0 Å². The zero-order valence-electron chi connectivity index (χ0n) is 10.7. The van der Waals surface area contributed by atoms with E-state index in [4.69, 9.17) is 13.6 Å². The molecule has 0 saturated heterocycles. The standard InChI is InChI=1S/C13H19O4P/c1-4-13(12-10-8-7-9-11-12)17-18(14,15-5-2)16-6-3/h4,7-11,13H,1,5-6H2,2-3H3. The van der Waals surface area contributed by atoms with Crippen LogP contribution in [-0.2, 0) is 18.1 Å². The normalized spacial score (nSPS) is 13.2. The summed E-state index contributed by atoms with van der Waals surface area (Å²) in [7, 11) is -3.53. The van der Waals surface area contributed by atoms with Gasteiger partial charge in [0.2, 0.25) is 0 Å². The molecule has 1 atom stereocenters. The van der Waals surface area contributed by atoms with E-state index in [2.05, 4.69) is 6.58 Å². The van der Waals surface area contributed by atoms with Gasteiger partial charge in [-0.3, -0.25) is 13.6 Å². The van der Waals surface area contributed by atoms with E-state index in [1.54, 1.807) is 19.9 Å². The molecule has 0 spiro atoms. The van der Waals surface area contributed by atoms with E-state index in [1.807, 2.05) is 30.3 Å². The molecule has 0 heterocycles. The fourth-order valence-electron chi connectivity index (χ4n) is 1.44. The summed E-state index contributed by atoms with van der Waals surface area (Å²) in [6.07, 6.45) is 1.05. The summed E-state index contributed by atoms with van der Waals surface area (Å²) in [5, 5.41) is 0. The van der Waals surface area contributed by atoms with E-state index in [9.17, 15) is 4.57 Å². The van der Waals surface area contributed by atoms with Crippen LogP contribution in [0.3, 0.4) is 0 Å². The van der Waals surface area contributed by atoms with Crippen LogP contribution < -0.4 is 0 Å². The molecule has 0 N–H and O–H groups in total. The van der Waals surface area contributed by atoms with Crippen molar-refractivity contribution in [1.82, 2.24) is 0 Å². The molecule has 0 aliphatic heterocycles. The van der Waals surface area contributed by atoms with Gasteiger partial charge in [-0.1, -0.05) is 36.4 Å². The van der Waals surface area contributed by atoms with Crippen molar-refractivity contribution in [3.8, 4) is 0 Å². The number of rotatable bonds is 8. The van der Waals surface area contributed by atoms with Crippen LogP contribution in [0.15, 0.2) is 43.0 Å². The highest BCUT2D eigenvalue weighted by atomic mass is 31.2. The first kappa shape index (κ1) is 15.1. The molecule has 0 fully saturated rings.